The molecule has 0 fully saturated rings. The van der Waals surface area contributed by atoms with Crippen molar-refractivity contribution in [2.45, 2.75) is 142 Å². The van der Waals surface area contributed by atoms with Crippen molar-refractivity contribution in [2.24, 2.45) is 5.92 Å². The van der Waals surface area contributed by atoms with Crippen LogP contribution in [0.5, 0.6) is 0 Å². The lowest BCUT2D eigenvalue weighted by Crippen LogP contribution is -2.06. The van der Waals surface area contributed by atoms with Crippen molar-refractivity contribution in [1.29, 1.82) is 0 Å². The van der Waals surface area contributed by atoms with Gasteiger partial charge >= 0.3 is 0 Å². The van der Waals surface area contributed by atoms with Crippen molar-refractivity contribution in [3.05, 3.63) is 0 Å². The highest BCUT2D eigenvalue weighted by Crippen LogP contribution is 2.19. The average Bonchev–Trinajstić information content (AvgIpc) is 2.63. The van der Waals surface area contributed by atoms with Gasteiger partial charge in [-0.1, -0.05) is 129 Å². The Kier molecular flexibility index (Phi) is 22.0. The second-order valence-corrected chi connectivity index (χ2v) is 8.28. The predicted octanol–water partition coefficient (Wildman–Crippen LogP) is 8.44. The summed E-state index contributed by atoms with van der Waals surface area (Å²) >= 11 is 0. The molecule has 1 heteroatoms. The lowest BCUT2D eigenvalue weighted by atomic mass is 9.94. The third-order valence-corrected chi connectivity index (χ3v) is 5.69. The van der Waals surface area contributed by atoms with Gasteiger partial charge in [0, 0.05) is 6.61 Å². The van der Waals surface area contributed by atoms with Gasteiger partial charge in [0.1, 0.15) is 0 Å². The van der Waals surface area contributed by atoms with Gasteiger partial charge in [-0.05, 0) is 18.8 Å². The largest absolute Gasteiger partial charge is 0.396 e. The fourth-order valence-corrected chi connectivity index (χ4v) is 3.81. The summed E-state index contributed by atoms with van der Waals surface area (Å²) in [5, 5.41) is 9.57. The maximum atomic E-state index is 9.57. The monoisotopic (exact) mass is 354 g/mol. The van der Waals surface area contributed by atoms with Gasteiger partial charge in [0.25, 0.3) is 0 Å². The molecule has 1 atom stereocenters. The fraction of sp³-hybridized carbons (Fsp3) is 1.00. The molecule has 0 spiro atoms. The minimum Gasteiger partial charge on any atom is -0.396 e. The van der Waals surface area contributed by atoms with Crippen molar-refractivity contribution >= 4 is 0 Å². The Labute approximate surface area is 160 Å². The highest BCUT2D eigenvalue weighted by molar-refractivity contribution is 4.59. The van der Waals surface area contributed by atoms with Crippen LogP contribution in [0.1, 0.15) is 142 Å². The number of hydrogen-bond acceptors (Lipinski definition) is 1. The number of unbranched alkanes of at least 4 members (excludes halogenated alkanes) is 16. The first-order valence-corrected chi connectivity index (χ1v) is 12.0. The second-order valence-electron chi connectivity index (χ2n) is 8.28. The van der Waals surface area contributed by atoms with Gasteiger partial charge in [-0.3, -0.25) is 0 Å². The van der Waals surface area contributed by atoms with Crippen molar-refractivity contribution in [3.63, 3.8) is 0 Å². The summed E-state index contributed by atoms with van der Waals surface area (Å²) in [6, 6.07) is 0. The molecule has 0 aromatic rings. The molecule has 0 bridgehead atoms. The summed E-state index contributed by atoms with van der Waals surface area (Å²) < 4.78 is 0. The number of hydrogen-bond donors (Lipinski definition) is 1. The van der Waals surface area contributed by atoms with E-state index in [1.807, 2.05) is 0 Å². The van der Waals surface area contributed by atoms with E-state index in [4.69, 9.17) is 0 Å². The van der Waals surface area contributed by atoms with Gasteiger partial charge in [0.15, 0.2) is 0 Å². The molecule has 0 aromatic heterocycles. The van der Waals surface area contributed by atoms with E-state index in [0.29, 0.717) is 12.5 Å². The minimum absolute atomic E-state index is 0.411. The third kappa shape index (κ3) is 20.1. The summed E-state index contributed by atoms with van der Waals surface area (Å²) in [7, 11) is 0. The van der Waals surface area contributed by atoms with E-state index in [0.717, 1.165) is 0 Å². The molecule has 0 aliphatic rings. The molecule has 0 heterocycles. The molecule has 1 nitrogen and oxygen atoms in total. The van der Waals surface area contributed by atoms with E-state index in [1.165, 1.54) is 128 Å². The molecule has 0 aromatic carbocycles. The van der Waals surface area contributed by atoms with Crippen molar-refractivity contribution in [2.75, 3.05) is 6.61 Å². The van der Waals surface area contributed by atoms with E-state index in [2.05, 4.69) is 13.8 Å². The summed E-state index contributed by atoms with van der Waals surface area (Å²) in [4.78, 5) is 0. The first-order chi connectivity index (χ1) is 12.3. The quantitative estimate of drug-likeness (QED) is 0.205. The van der Waals surface area contributed by atoms with Crippen molar-refractivity contribution < 1.29 is 5.11 Å². The van der Waals surface area contributed by atoms with Crippen LogP contribution >= 0.6 is 0 Å². The number of aliphatic hydroxyl groups excluding tert-OH is 1. The summed E-state index contributed by atoms with van der Waals surface area (Å²) in [5.41, 5.74) is 0. The maximum absolute atomic E-state index is 9.57. The molecule has 0 aliphatic heterocycles. The smallest absolute Gasteiger partial charge is 0.0459 e. The Morgan fingerprint density at radius 2 is 0.720 bits per heavy atom. The van der Waals surface area contributed by atoms with Crippen LogP contribution in [0.2, 0.25) is 0 Å². The number of aliphatic hydroxyl groups is 1. The number of rotatable bonds is 21. The van der Waals surface area contributed by atoms with Crippen LogP contribution in [-0.4, -0.2) is 11.7 Å². The Bertz CT molecular complexity index is 226. The standard InChI is InChI=1S/C24H50O/c1-3-5-7-9-11-13-14-16-18-20-22-24(23-25)21-19-17-15-12-10-8-6-4-2/h24-25H,3-23H2,1-2H3/t24-/m0/s1. The molecule has 0 rings (SSSR count). The van der Waals surface area contributed by atoms with Crippen LogP contribution < -0.4 is 0 Å². The van der Waals surface area contributed by atoms with E-state index in [-0.39, 0.29) is 0 Å². The molecule has 0 radical (unpaired) electrons. The molecule has 0 aliphatic carbocycles. The Morgan fingerprint density at radius 1 is 0.440 bits per heavy atom. The van der Waals surface area contributed by atoms with E-state index in [9.17, 15) is 5.11 Å². The normalized spacial score (nSPS) is 12.6. The SMILES string of the molecule is CCCCCCCCCCCC[C@@H](CO)CCCCCCCCCC. The van der Waals surface area contributed by atoms with E-state index < -0.39 is 0 Å². The maximum Gasteiger partial charge on any atom is 0.0459 e. The fourth-order valence-electron chi connectivity index (χ4n) is 3.81. The summed E-state index contributed by atoms with van der Waals surface area (Å²) in [5.74, 6) is 0.578. The van der Waals surface area contributed by atoms with Crippen molar-refractivity contribution in [1.82, 2.24) is 0 Å². The molecular weight excluding hydrogens is 304 g/mol. The zero-order chi connectivity index (χ0) is 18.4. The third-order valence-electron chi connectivity index (χ3n) is 5.69. The highest BCUT2D eigenvalue weighted by atomic mass is 16.3. The van der Waals surface area contributed by atoms with Crippen LogP contribution in [0.15, 0.2) is 0 Å². The highest BCUT2D eigenvalue weighted by Gasteiger charge is 2.06. The minimum atomic E-state index is 0.411. The second kappa shape index (κ2) is 22.0. The molecule has 0 unspecified atom stereocenters. The molecule has 25 heavy (non-hydrogen) atoms. The molecular formula is C24H50O. The molecule has 0 saturated carbocycles. The van der Waals surface area contributed by atoms with Crippen LogP contribution in [0.4, 0.5) is 0 Å². The lowest BCUT2D eigenvalue weighted by molar-refractivity contribution is 0.204. The van der Waals surface area contributed by atoms with Gasteiger partial charge in [-0.15, -0.1) is 0 Å². The van der Waals surface area contributed by atoms with Gasteiger partial charge in [-0.25, -0.2) is 0 Å². The first kappa shape index (κ1) is 25.0. The molecule has 0 saturated heterocycles. The van der Waals surface area contributed by atoms with Crippen LogP contribution in [-0.2, 0) is 0 Å². The first-order valence-electron chi connectivity index (χ1n) is 12.0. The predicted molar refractivity (Wildman–Crippen MR) is 114 cm³/mol. The van der Waals surface area contributed by atoms with E-state index in [1.54, 1.807) is 0 Å². The summed E-state index contributed by atoms with van der Waals surface area (Å²) in [6.45, 7) is 4.98. The van der Waals surface area contributed by atoms with Crippen LogP contribution in [0, 0.1) is 5.92 Å². The summed E-state index contributed by atoms with van der Waals surface area (Å²) in [6.07, 6.45) is 27.7. The van der Waals surface area contributed by atoms with Gasteiger partial charge < -0.3 is 5.11 Å². The zero-order valence-corrected chi connectivity index (χ0v) is 17.9. The zero-order valence-electron chi connectivity index (χ0n) is 17.9. The van der Waals surface area contributed by atoms with Crippen LogP contribution in [0.3, 0.4) is 0 Å². The van der Waals surface area contributed by atoms with Crippen LogP contribution in [0.25, 0.3) is 0 Å². The molecule has 152 valence electrons. The van der Waals surface area contributed by atoms with E-state index >= 15 is 0 Å². The Balaban J connectivity index is 3.28. The van der Waals surface area contributed by atoms with Crippen molar-refractivity contribution in [3.8, 4) is 0 Å². The average molecular weight is 355 g/mol. The topological polar surface area (TPSA) is 20.2 Å². The van der Waals surface area contributed by atoms with Gasteiger partial charge in [0.2, 0.25) is 0 Å². The van der Waals surface area contributed by atoms with Gasteiger partial charge in [-0.2, -0.15) is 0 Å². The molecule has 0 amide bonds. The lowest BCUT2D eigenvalue weighted by Gasteiger charge is -2.13. The molecule has 1 N–H and O–H groups in total. The Morgan fingerprint density at radius 3 is 1.00 bits per heavy atom. The van der Waals surface area contributed by atoms with Gasteiger partial charge in [0.05, 0.1) is 0 Å². The Hall–Kier alpha value is -0.0400.